The summed E-state index contributed by atoms with van der Waals surface area (Å²) in [4.78, 5) is 2.46. The van der Waals surface area contributed by atoms with Crippen molar-refractivity contribution in [1.29, 1.82) is 0 Å². The van der Waals surface area contributed by atoms with Gasteiger partial charge in [-0.3, -0.25) is 0 Å². The highest BCUT2D eigenvalue weighted by Gasteiger charge is 2.34. The molecular weight excluding hydrogens is 109 g/mol. The zero-order valence-electron chi connectivity index (χ0n) is 6.01. The van der Waals surface area contributed by atoms with E-state index in [9.17, 15) is 0 Å². The van der Waals surface area contributed by atoms with Crippen molar-refractivity contribution in [2.24, 2.45) is 11.8 Å². The van der Waals surface area contributed by atoms with Gasteiger partial charge in [0, 0.05) is 13.1 Å². The summed E-state index contributed by atoms with van der Waals surface area (Å²) in [6.07, 6.45) is 2.77. The number of rotatable bonds is 0. The first-order valence-corrected chi connectivity index (χ1v) is 3.86. The van der Waals surface area contributed by atoms with Crippen LogP contribution >= 0.6 is 0 Å². The van der Waals surface area contributed by atoms with Gasteiger partial charge in [0.05, 0.1) is 0 Å². The Labute approximate surface area is 57.7 Å². The average molecular weight is 122 g/mol. The number of likely N-dealkylation sites (tertiary alicyclic amines) is 1. The molecule has 2 fully saturated rings. The van der Waals surface area contributed by atoms with E-state index in [1.807, 2.05) is 0 Å². The van der Waals surface area contributed by atoms with Gasteiger partial charge in [-0.2, -0.15) is 0 Å². The molecule has 2 rings (SSSR count). The average Bonchev–Trinajstić information content (AvgIpc) is 2.22. The van der Waals surface area contributed by atoms with Crippen LogP contribution in [0.15, 0.2) is 0 Å². The molecule has 2 atom stereocenters. The molecule has 0 aliphatic carbocycles. The fourth-order valence-electron chi connectivity index (χ4n) is 2.23. The van der Waals surface area contributed by atoms with Crippen molar-refractivity contribution in [2.45, 2.75) is 12.6 Å². The zero-order valence-corrected chi connectivity index (χ0v) is 6.01. The third-order valence-electron chi connectivity index (χ3n) is 2.70. The molecule has 0 aromatic carbocycles. The van der Waals surface area contributed by atoms with E-state index in [1.165, 1.54) is 25.7 Å². The van der Waals surface area contributed by atoms with Crippen LogP contribution in [0, 0.1) is 11.8 Å². The molecule has 49 valence electrons. The summed E-state index contributed by atoms with van der Waals surface area (Å²) in [5.41, 5.74) is 0. The molecule has 0 aromatic heterocycles. The summed E-state index contributed by atoms with van der Waals surface area (Å²) >= 11 is 0. The number of fused-ring (bicyclic) bond motifs is 1. The molecule has 0 bridgehead atoms. The largest absolute Gasteiger partial charge is 0.306 e. The van der Waals surface area contributed by atoms with E-state index in [0.717, 1.165) is 11.8 Å². The Hall–Kier alpha value is 0.0249. The molecule has 0 amide bonds. The van der Waals surface area contributed by atoms with Gasteiger partial charge in [-0.15, -0.1) is 0 Å². The maximum Gasteiger partial charge on any atom is 0.110 e. The first-order chi connectivity index (χ1) is 4.36. The first kappa shape index (κ1) is 5.78. The number of nitrogens with zero attached hydrogens (tertiary/aromatic N) is 1. The second kappa shape index (κ2) is 2.01. The van der Waals surface area contributed by atoms with Gasteiger partial charge >= 0.3 is 0 Å². The topological polar surface area (TPSA) is 3.24 Å². The quantitative estimate of drug-likeness (QED) is 0.428. The van der Waals surface area contributed by atoms with Crippen LogP contribution < -0.4 is 0 Å². The van der Waals surface area contributed by atoms with Crippen molar-refractivity contribution in [3.8, 4) is 0 Å². The minimum atomic E-state index is 1.02. The molecule has 0 spiro atoms. The highest BCUT2D eigenvalue weighted by atomic mass is 15.1. The Kier molecular flexibility index (Phi) is 1.29. The predicted octanol–water partition coefficient (Wildman–Crippen LogP) is 0.719. The lowest BCUT2D eigenvalue weighted by Crippen LogP contribution is -2.15. The second-order valence-corrected chi connectivity index (χ2v) is 3.50. The maximum absolute atomic E-state index is 2.46. The molecule has 2 saturated heterocycles. The monoisotopic (exact) mass is 122 g/mol. The van der Waals surface area contributed by atoms with Gasteiger partial charge < -0.3 is 4.90 Å². The molecule has 1 nitrogen and oxygen atoms in total. The molecule has 2 aliphatic rings. The fourth-order valence-corrected chi connectivity index (χ4v) is 2.23. The lowest BCUT2D eigenvalue weighted by Gasteiger charge is -2.06. The van der Waals surface area contributed by atoms with E-state index >= 15 is 0 Å². The van der Waals surface area contributed by atoms with E-state index in [4.69, 9.17) is 0 Å². The minimum absolute atomic E-state index is 1.02. The van der Waals surface area contributed by atoms with Crippen molar-refractivity contribution in [2.75, 3.05) is 20.1 Å². The van der Waals surface area contributed by atoms with Crippen molar-refractivity contribution < 1.29 is 0 Å². The molecule has 0 saturated carbocycles. The summed E-state index contributed by atoms with van der Waals surface area (Å²) in [6.45, 7) is 2.70. The number of hydrogen-bond acceptors (Lipinski definition) is 1. The van der Waals surface area contributed by atoms with Crippen molar-refractivity contribution in [1.82, 2.24) is 4.90 Å². The van der Waals surface area contributed by atoms with Crippen LogP contribution in [0.1, 0.15) is 0 Å². The van der Waals surface area contributed by atoms with E-state index < -0.39 is 0 Å². The molecule has 9 heavy (non-hydrogen) atoms. The lowest BCUT2D eigenvalue weighted by atomic mass is 9.75. The fraction of sp³-hybridized carbons (Fsp3) is 1.00. The molecule has 2 heteroatoms. The Morgan fingerprint density at radius 2 is 1.78 bits per heavy atom. The summed E-state index contributed by atoms with van der Waals surface area (Å²) in [7, 11) is 4.70. The summed E-state index contributed by atoms with van der Waals surface area (Å²) in [5, 5.41) is 0. The van der Waals surface area contributed by atoms with Crippen LogP contribution in [0.2, 0.25) is 12.6 Å². The van der Waals surface area contributed by atoms with Gasteiger partial charge in [-0.25, -0.2) is 0 Å². The van der Waals surface area contributed by atoms with Gasteiger partial charge in [0.1, 0.15) is 7.28 Å². The predicted molar refractivity (Wildman–Crippen MR) is 39.8 cm³/mol. The van der Waals surface area contributed by atoms with Crippen LogP contribution in [0.25, 0.3) is 0 Å². The third kappa shape index (κ3) is 0.897. The second-order valence-electron chi connectivity index (χ2n) is 3.50. The van der Waals surface area contributed by atoms with E-state index in [-0.39, 0.29) is 0 Å². The normalized spacial score (nSPS) is 42.8. The minimum Gasteiger partial charge on any atom is -0.306 e. The molecule has 2 aliphatic heterocycles. The van der Waals surface area contributed by atoms with Gasteiger partial charge in [0.15, 0.2) is 0 Å². The van der Waals surface area contributed by atoms with Gasteiger partial charge in [-0.05, 0) is 18.9 Å². The Morgan fingerprint density at radius 3 is 2.33 bits per heavy atom. The Balaban J connectivity index is 2.02. The molecule has 2 heterocycles. The standard InChI is InChI=1S/C7H13BN/c1-9-4-6-2-8-3-7(6)5-9/h6-7H,2-5H2,1H3. The van der Waals surface area contributed by atoms with Crippen LogP contribution in [-0.4, -0.2) is 32.3 Å². The van der Waals surface area contributed by atoms with E-state index in [1.54, 1.807) is 0 Å². The van der Waals surface area contributed by atoms with Crippen molar-refractivity contribution in [3.63, 3.8) is 0 Å². The Morgan fingerprint density at radius 1 is 1.22 bits per heavy atom. The Bertz CT molecular complexity index is 103. The smallest absolute Gasteiger partial charge is 0.110 e. The SMILES string of the molecule is CN1CC2C[B]CC2C1. The van der Waals surface area contributed by atoms with Crippen LogP contribution in [0.4, 0.5) is 0 Å². The maximum atomic E-state index is 2.46. The highest BCUT2D eigenvalue weighted by Crippen LogP contribution is 2.34. The first-order valence-electron chi connectivity index (χ1n) is 3.86. The van der Waals surface area contributed by atoms with Gasteiger partial charge in [-0.1, -0.05) is 12.6 Å². The third-order valence-corrected chi connectivity index (χ3v) is 2.70. The van der Waals surface area contributed by atoms with Crippen molar-refractivity contribution in [3.05, 3.63) is 0 Å². The number of hydrogen-bond donors (Lipinski definition) is 0. The lowest BCUT2D eigenvalue weighted by molar-refractivity contribution is 0.396. The van der Waals surface area contributed by atoms with Gasteiger partial charge in [0.25, 0.3) is 0 Å². The molecule has 0 N–H and O–H groups in total. The molecule has 0 aromatic rings. The molecular formula is C7H13BN. The van der Waals surface area contributed by atoms with Gasteiger partial charge in [0.2, 0.25) is 0 Å². The molecule has 2 unspecified atom stereocenters. The summed E-state index contributed by atoms with van der Waals surface area (Å²) in [6, 6.07) is 0. The van der Waals surface area contributed by atoms with Crippen LogP contribution in [-0.2, 0) is 0 Å². The zero-order chi connectivity index (χ0) is 6.27. The van der Waals surface area contributed by atoms with Crippen LogP contribution in [0.5, 0.6) is 0 Å². The highest BCUT2D eigenvalue weighted by molar-refractivity contribution is 6.36. The van der Waals surface area contributed by atoms with E-state index in [0.29, 0.717) is 0 Å². The van der Waals surface area contributed by atoms with Crippen LogP contribution in [0.3, 0.4) is 0 Å². The summed E-state index contributed by atoms with van der Waals surface area (Å²) < 4.78 is 0. The van der Waals surface area contributed by atoms with E-state index in [2.05, 4.69) is 19.2 Å². The molecule has 1 radical (unpaired) electrons. The van der Waals surface area contributed by atoms with Crippen molar-refractivity contribution >= 4 is 7.28 Å². The summed E-state index contributed by atoms with van der Waals surface area (Å²) in [5.74, 6) is 2.05.